The molecule has 2 heterocycles. The molecule has 3 aromatic rings. The van der Waals surface area contributed by atoms with Crippen molar-refractivity contribution < 1.29 is 4.52 Å². The molecule has 20 heavy (non-hydrogen) atoms. The lowest BCUT2D eigenvalue weighted by atomic mass is 10.2. The third-order valence-electron chi connectivity index (χ3n) is 3.02. The molecule has 0 fully saturated rings. The molecule has 102 valence electrons. The van der Waals surface area contributed by atoms with Crippen LogP contribution in [0.25, 0.3) is 10.9 Å². The van der Waals surface area contributed by atoms with Crippen LogP contribution in [-0.4, -0.2) is 19.7 Å². The molecule has 1 aromatic carbocycles. The third kappa shape index (κ3) is 2.30. The van der Waals surface area contributed by atoms with Crippen LogP contribution >= 0.6 is 11.6 Å². The minimum atomic E-state index is -0.106. The maximum absolute atomic E-state index is 12.5. The molecule has 3 rings (SSSR count). The number of hydrogen-bond acceptors (Lipinski definition) is 5. The second kappa shape index (κ2) is 5.42. The summed E-state index contributed by atoms with van der Waals surface area (Å²) in [5, 5.41) is 4.11. The van der Waals surface area contributed by atoms with Gasteiger partial charge in [0.2, 0.25) is 5.89 Å². The van der Waals surface area contributed by atoms with Gasteiger partial charge in [0.15, 0.2) is 6.33 Å². The highest BCUT2D eigenvalue weighted by Gasteiger charge is 2.11. The van der Waals surface area contributed by atoms with Gasteiger partial charge in [0.25, 0.3) is 5.56 Å². The van der Waals surface area contributed by atoms with Crippen molar-refractivity contribution in [2.24, 2.45) is 0 Å². The van der Waals surface area contributed by atoms with E-state index >= 15 is 0 Å². The van der Waals surface area contributed by atoms with Crippen molar-refractivity contribution in [3.05, 3.63) is 52.7 Å². The molecule has 0 unspecified atom stereocenters. The lowest BCUT2D eigenvalue weighted by molar-refractivity contribution is 0.369. The molecule has 0 N–H and O–H groups in total. The Kier molecular flexibility index (Phi) is 3.47. The molecule has 0 spiro atoms. The number of alkyl halides is 1. The normalized spacial score (nSPS) is 11.1. The maximum Gasteiger partial charge on any atom is 0.261 e. The molecule has 2 aromatic heterocycles. The fourth-order valence-electron chi connectivity index (χ4n) is 2.06. The minimum Gasteiger partial charge on any atom is -0.340 e. The SMILES string of the molecule is O=c1c2ccccc2nc(CCl)n1CCc1ncno1. The van der Waals surface area contributed by atoms with Gasteiger partial charge in [-0.1, -0.05) is 17.3 Å². The summed E-state index contributed by atoms with van der Waals surface area (Å²) in [5.41, 5.74) is 0.549. The maximum atomic E-state index is 12.5. The average Bonchev–Trinajstić information content (AvgIpc) is 2.99. The molecule has 0 aliphatic carbocycles. The average molecular weight is 291 g/mol. The van der Waals surface area contributed by atoms with Gasteiger partial charge in [-0.25, -0.2) is 4.98 Å². The molecule has 0 amide bonds. The Morgan fingerprint density at radius 2 is 2.15 bits per heavy atom. The van der Waals surface area contributed by atoms with E-state index in [9.17, 15) is 4.79 Å². The van der Waals surface area contributed by atoms with E-state index in [0.29, 0.717) is 35.6 Å². The molecular formula is C13H11ClN4O2. The first-order valence-corrected chi connectivity index (χ1v) is 6.63. The standard InChI is InChI=1S/C13H11ClN4O2/c14-7-11-17-10-4-2-1-3-9(10)13(19)18(11)6-5-12-15-8-16-20-12/h1-4,8H,5-7H2. The third-order valence-corrected chi connectivity index (χ3v) is 3.26. The Hall–Kier alpha value is -2.21. The van der Waals surface area contributed by atoms with Crippen LogP contribution in [0.1, 0.15) is 11.7 Å². The van der Waals surface area contributed by atoms with E-state index < -0.39 is 0 Å². The van der Waals surface area contributed by atoms with E-state index in [2.05, 4.69) is 15.1 Å². The van der Waals surface area contributed by atoms with Crippen molar-refractivity contribution >= 4 is 22.5 Å². The summed E-state index contributed by atoms with van der Waals surface area (Å²) in [6.45, 7) is 0.404. The number of halogens is 1. The first-order valence-electron chi connectivity index (χ1n) is 6.09. The van der Waals surface area contributed by atoms with Crippen LogP contribution in [0.3, 0.4) is 0 Å². The molecule has 0 saturated heterocycles. The van der Waals surface area contributed by atoms with Gasteiger partial charge in [0, 0.05) is 13.0 Å². The summed E-state index contributed by atoms with van der Waals surface area (Å²) in [7, 11) is 0. The second-order valence-corrected chi connectivity index (χ2v) is 4.49. The Balaban J connectivity index is 2.04. The fourth-order valence-corrected chi connectivity index (χ4v) is 2.26. The van der Waals surface area contributed by atoms with Gasteiger partial charge < -0.3 is 4.52 Å². The van der Waals surface area contributed by atoms with E-state index in [-0.39, 0.29) is 11.4 Å². The zero-order valence-electron chi connectivity index (χ0n) is 10.5. The number of fused-ring (bicyclic) bond motifs is 1. The van der Waals surface area contributed by atoms with E-state index in [1.54, 1.807) is 16.7 Å². The number of hydrogen-bond donors (Lipinski definition) is 0. The lowest BCUT2D eigenvalue weighted by Gasteiger charge is -2.10. The van der Waals surface area contributed by atoms with Crippen LogP contribution in [0, 0.1) is 0 Å². The first-order chi connectivity index (χ1) is 9.79. The lowest BCUT2D eigenvalue weighted by Crippen LogP contribution is -2.25. The Bertz CT molecular complexity index is 783. The first kappa shape index (κ1) is 12.8. The quantitative estimate of drug-likeness (QED) is 0.685. The summed E-state index contributed by atoms with van der Waals surface area (Å²) >= 11 is 5.89. The topological polar surface area (TPSA) is 73.8 Å². The van der Waals surface area contributed by atoms with Crippen LogP contribution in [0.4, 0.5) is 0 Å². The van der Waals surface area contributed by atoms with Crippen molar-refractivity contribution in [2.45, 2.75) is 18.8 Å². The number of aromatic nitrogens is 4. The Morgan fingerprint density at radius 3 is 2.90 bits per heavy atom. The van der Waals surface area contributed by atoms with Gasteiger partial charge in [0.1, 0.15) is 5.82 Å². The number of rotatable bonds is 4. The van der Waals surface area contributed by atoms with E-state index in [4.69, 9.17) is 16.1 Å². The summed E-state index contributed by atoms with van der Waals surface area (Å²) in [4.78, 5) is 20.8. The summed E-state index contributed by atoms with van der Waals surface area (Å²) in [5.74, 6) is 1.18. The summed E-state index contributed by atoms with van der Waals surface area (Å²) < 4.78 is 6.48. The minimum absolute atomic E-state index is 0.106. The number of benzene rings is 1. The highest BCUT2D eigenvalue weighted by atomic mass is 35.5. The monoisotopic (exact) mass is 290 g/mol. The molecule has 0 aliphatic heterocycles. The second-order valence-electron chi connectivity index (χ2n) is 4.22. The zero-order chi connectivity index (χ0) is 13.9. The molecular weight excluding hydrogens is 280 g/mol. The highest BCUT2D eigenvalue weighted by Crippen LogP contribution is 2.10. The van der Waals surface area contributed by atoms with E-state index in [1.807, 2.05) is 12.1 Å². The molecule has 7 heteroatoms. The van der Waals surface area contributed by atoms with Crippen molar-refractivity contribution in [3.63, 3.8) is 0 Å². The Morgan fingerprint density at radius 1 is 1.30 bits per heavy atom. The molecule has 0 radical (unpaired) electrons. The van der Waals surface area contributed by atoms with Crippen LogP contribution in [-0.2, 0) is 18.8 Å². The van der Waals surface area contributed by atoms with Gasteiger partial charge in [-0.2, -0.15) is 4.98 Å². The molecule has 6 nitrogen and oxygen atoms in total. The van der Waals surface area contributed by atoms with E-state index in [0.717, 1.165) is 0 Å². The van der Waals surface area contributed by atoms with Gasteiger partial charge in [-0.05, 0) is 12.1 Å². The number of aryl methyl sites for hydroxylation is 1. The van der Waals surface area contributed by atoms with Gasteiger partial charge in [0.05, 0.1) is 16.8 Å². The van der Waals surface area contributed by atoms with Crippen molar-refractivity contribution in [1.82, 2.24) is 19.7 Å². The molecule has 0 saturated carbocycles. The van der Waals surface area contributed by atoms with Crippen LogP contribution in [0.15, 0.2) is 39.9 Å². The van der Waals surface area contributed by atoms with Crippen molar-refractivity contribution in [2.75, 3.05) is 0 Å². The highest BCUT2D eigenvalue weighted by molar-refractivity contribution is 6.16. The number of para-hydroxylation sites is 1. The fraction of sp³-hybridized carbons (Fsp3) is 0.231. The summed E-state index contributed by atoms with van der Waals surface area (Å²) in [6, 6.07) is 7.21. The van der Waals surface area contributed by atoms with Gasteiger partial charge in [-0.3, -0.25) is 9.36 Å². The Labute approximate surface area is 119 Å². The van der Waals surface area contributed by atoms with Gasteiger partial charge in [-0.15, -0.1) is 11.6 Å². The molecule has 0 bridgehead atoms. The predicted molar refractivity (Wildman–Crippen MR) is 73.6 cm³/mol. The number of nitrogens with zero attached hydrogens (tertiary/aromatic N) is 4. The molecule has 0 atom stereocenters. The van der Waals surface area contributed by atoms with Crippen molar-refractivity contribution in [3.8, 4) is 0 Å². The smallest absolute Gasteiger partial charge is 0.261 e. The summed E-state index contributed by atoms with van der Waals surface area (Å²) in [6.07, 6.45) is 1.79. The van der Waals surface area contributed by atoms with E-state index in [1.165, 1.54) is 6.33 Å². The van der Waals surface area contributed by atoms with Gasteiger partial charge >= 0.3 is 0 Å². The van der Waals surface area contributed by atoms with Crippen molar-refractivity contribution in [1.29, 1.82) is 0 Å². The predicted octanol–water partition coefficient (Wildman–Crippen LogP) is 1.76. The van der Waals surface area contributed by atoms with Crippen LogP contribution < -0.4 is 5.56 Å². The zero-order valence-corrected chi connectivity index (χ0v) is 11.2. The van der Waals surface area contributed by atoms with Crippen LogP contribution in [0.5, 0.6) is 0 Å². The van der Waals surface area contributed by atoms with Crippen LogP contribution in [0.2, 0.25) is 0 Å². The largest absolute Gasteiger partial charge is 0.340 e. The molecule has 0 aliphatic rings.